The number of ketones is 1. The number of amides is 1. The fraction of sp³-hybridized carbons (Fsp3) is 0.120. The highest BCUT2D eigenvalue weighted by molar-refractivity contribution is 6.51. The third-order valence-corrected chi connectivity index (χ3v) is 5.15. The van der Waals surface area contributed by atoms with Crippen LogP contribution in [-0.2, 0) is 9.59 Å². The molecule has 162 valence electrons. The van der Waals surface area contributed by atoms with E-state index in [-0.39, 0.29) is 22.4 Å². The molecule has 0 aliphatic carbocycles. The molecule has 5 nitrogen and oxygen atoms in total. The first-order valence-corrected chi connectivity index (χ1v) is 9.96. The molecule has 4 rings (SSSR count). The van der Waals surface area contributed by atoms with Crippen LogP contribution in [0.2, 0.25) is 0 Å². The van der Waals surface area contributed by atoms with Crippen molar-refractivity contribution in [3.8, 4) is 5.75 Å². The molecule has 7 heteroatoms. The molecule has 0 saturated carbocycles. The summed E-state index contributed by atoms with van der Waals surface area (Å²) in [6, 6.07) is 15.8. The third-order valence-electron chi connectivity index (χ3n) is 5.15. The van der Waals surface area contributed by atoms with Crippen molar-refractivity contribution in [2.75, 3.05) is 11.5 Å². The van der Waals surface area contributed by atoms with E-state index in [4.69, 9.17) is 4.74 Å². The first-order valence-electron chi connectivity index (χ1n) is 9.96. The van der Waals surface area contributed by atoms with Crippen LogP contribution in [0.25, 0.3) is 5.76 Å². The van der Waals surface area contributed by atoms with Gasteiger partial charge < -0.3 is 9.84 Å². The summed E-state index contributed by atoms with van der Waals surface area (Å²) in [4.78, 5) is 27.0. The number of carbonyl (C=O) groups excluding carboxylic acids is 2. The minimum atomic E-state index is -1.28. The van der Waals surface area contributed by atoms with E-state index in [1.165, 1.54) is 42.5 Å². The highest BCUT2D eigenvalue weighted by Crippen LogP contribution is 2.43. The zero-order valence-corrected chi connectivity index (χ0v) is 17.1. The standard InChI is InChI=1S/C25H19F2NO4/c1-2-32-18-10-5-7-15(13-18)23(29)21-22(19-11-3-4-12-20(19)27)28(25(31)24(21)30)17-9-6-8-16(26)14-17/h3-14,22,29H,2H2,1H3/b23-21+. The van der Waals surface area contributed by atoms with E-state index < -0.39 is 35.1 Å². The van der Waals surface area contributed by atoms with Crippen LogP contribution in [0.1, 0.15) is 24.1 Å². The van der Waals surface area contributed by atoms with Crippen molar-refractivity contribution in [3.63, 3.8) is 0 Å². The minimum absolute atomic E-state index is 0.00141. The van der Waals surface area contributed by atoms with Gasteiger partial charge in [-0.15, -0.1) is 0 Å². The molecule has 1 N–H and O–H groups in total. The maximum absolute atomic E-state index is 14.8. The predicted octanol–water partition coefficient (Wildman–Crippen LogP) is 4.99. The van der Waals surface area contributed by atoms with Gasteiger partial charge in [0.1, 0.15) is 23.1 Å². The molecule has 1 aliphatic rings. The number of aliphatic hydroxyl groups excluding tert-OH is 1. The van der Waals surface area contributed by atoms with E-state index >= 15 is 0 Å². The first-order chi connectivity index (χ1) is 15.4. The number of ether oxygens (including phenoxy) is 1. The van der Waals surface area contributed by atoms with Crippen molar-refractivity contribution in [3.05, 3.63) is 101 Å². The molecule has 1 amide bonds. The molecule has 1 fully saturated rings. The van der Waals surface area contributed by atoms with Crippen LogP contribution in [0.4, 0.5) is 14.5 Å². The fourth-order valence-electron chi connectivity index (χ4n) is 3.77. The summed E-state index contributed by atoms with van der Waals surface area (Å²) in [7, 11) is 0. The Balaban J connectivity index is 1.95. The molecule has 32 heavy (non-hydrogen) atoms. The molecular weight excluding hydrogens is 416 g/mol. The largest absolute Gasteiger partial charge is 0.507 e. The van der Waals surface area contributed by atoms with Crippen molar-refractivity contribution >= 4 is 23.1 Å². The number of carbonyl (C=O) groups is 2. The second-order valence-electron chi connectivity index (χ2n) is 7.13. The fourth-order valence-corrected chi connectivity index (χ4v) is 3.77. The van der Waals surface area contributed by atoms with Gasteiger partial charge >= 0.3 is 0 Å². The van der Waals surface area contributed by atoms with E-state index in [0.717, 1.165) is 11.0 Å². The van der Waals surface area contributed by atoms with Gasteiger partial charge in [0.2, 0.25) is 0 Å². The van der Waals surface area contributed by atoms with E-state index in [0.29, 0.717) is 12.4 Å². The van der Waals surface area contributed by atoms with Crippen LogP contribution in [0.15, 0.2) is 78.4 Å². The van der Waals surface area contributed by atoms with Gasteiger partial charge in [-0.1, -0.05) is 36.4 Å². The molecule has 0 radical (unpaired) electrons. The lowest BCUT2D eigenvalue weighted by atomic mass is 9.94. The normalized spacial score (nSPS) is 17.6. The van der Waals surface area contributed by atoms with Gasteiger partial charge in [-0.25, -0.2) is 8.78 Å². The summed E-state index contributed by atoms with van der Waals surface area (Å²) in [5, 5.41) is 11.1. The average Bonchev–Trinajstić information content (AvgIpc) is 3.04. The van der Waals surface area contributed by atoms with E-state index in [9.17, 15) is 23.5 Å². The van der Waals surface area contributed by atoms with Crippen LogP contribution in [-0.4, -0.2) is 23.4 Å². The molecule has 1 heterocycles. The molecule has 1 saturated heterocycles. The smallest absolute Gasteiger partial charge is 0.300 e. The summed E-state index contributed by atoms with van der Waals surface area (Å²) >= 11 is 0. The SMILES string of the molecule is CCOc1cccc(/C(O)=C2\C(=O)C(=O)N(c3cccc(F)c3)C2c2ccccc2F)c1. The molecule has 1 unspecified atom stereocenters. The molecule has 3 aromatic rings. The maximum Gasteiger partial charge on any atom is 0.300 e. The van der Waals surface area contributed by atoms with Gasteiger partial charge in [-0.05, 0) is 43.3 Å². The monoisotopic (exact) mass is 435 g/mol. The Kier molecular flexibility index (Phi) is 5.73. The third kappa shape index (κ3) is 3.73. The highest BCUT2D eigenvalue weighted by Gasteiger charge is 2.47. The Morgan fingerprint density at radius 3 is 2.47 bits per heavy atom. The van der Waals surface area contributed by atoms with Gasteiger partial charge in [0.15, 0.2) is 0 Å². The van der Waals surface area contributed by atoms with Crippen LogP contribution in [0.5, 0.6) is 5.75 Å². The second-order valence-corrected chi connectivity index (χ2v) is 7.13. The van der Waals surface area contributed by atoms with Crippen molar-refractivity contribution < 1.29 is 28.2 Å². The number of hydrogen-bond donors (Lipinski definition) is 1. The number of hydrogen-bond acceptors (Lipinski definition) is 4. The summed E-state index contributed by atoms with van der Waals surface area (Å²) in [6.45, 7) is 2.19. The predicted molar refractivity (Wildman–Crippen MR) is 115 cm³/mol. The summed E-state index contributed by atoms with van der Waals surface area (Å²) in [6.07, 6.45) is 0. The number of rotatable bonds is 5. The zero-order chi connectivity index (χ0) is 22.8. The van der Waals surface area contributed by atoms with E-state index in [1.54, 1.807) is 31.2 Å². The maximum atomic E-state index is 14.8. The van der Waals surface area contributed by atoms with Gasteiger partial charge in [-0.2, -0.15) is 0 Å². The Bertz CT molecular complexity index is 1240. The Morgan fingerprint density at radius 2 is 1.75 bits per heavy atom. The number of Topliss-reactive ketones (excluding diaryl/α,β-unsaturated/α-hetero) is 1. The molecule has 3 aromatic carbocycles. The molecule has 0 spiro atoms. The summed E-state index contributed by atoms with van der Waals surface area (Å²) in [5.41, 5.74) is 0.00786. The topological polar surface area (TPSA) is 66.8 Å². The van der Waals surface area contributed by atoms with Crippen molar-refractivity contribution in [2.24, 2.45) is 0 Å². The number of nitrogens with zero attached hydrogens (tertiary/aromatic N) is 1. The average molecular weight is 435 g/mol. The first kappa shape index (κ1) is 21.2. The molecule has 0 bridgehead atoms. The Morgan fingerprint density at radius 1 is 1.00 bits per heavy atom. The number of aliphatic hydroxyl groups is 1. The molecule has 0 aromatic heterocycles. The quantitative estimate of drug-likeness (QED) is 0.348. The van der Waals surface area contributed by atoms with Crippen LogP contribution < -0.4 is 9.64 Å². The van der Waals surface area contributed by atoms with E-state index in [2.05, 4.69) is 0 Å². The zero-order valence-electron chi connectivity index (χ0n) is 17.1. The number of benzene rings is 3. The molecule has 1 atom stereocenters. The molecule has 1 aliphatic heterocycles. The van der Waals surface area contributed by atoms with Crippen LogP contribution in [0, 0.1) is 11.6 Å². The summed E-state index contributed by atoms with van der Waals surface area (Å²) in [5.74, 6) is -3.31. The van der Waals surface area contributed by atoms with Crippen molar-refractivity contribution in [2.45, 2.75) is 13.0 Å². The van der Waals surface area contributed by atoms with Crippen molar-refractivity contribution in [1.29, 1.82) is 0 Å². The van der Waals surface area contributed by atoms with Gasteiger partial charge in [-0.3, -0.25) is 14.5 Å². The van der Waals surface area contributed by atoms with Gasteiger partial charge in [0.05, 0.1) is 18.2 Å². The number of halogens is 2. The van der Waals surface area contributed by atoms with E-state index in [1.807, 2.05) is 0 Å². The van der Waals surface area contributed by atoms with Crippen molar-refractivity contribution in [1.82, 2.24) is 0 Å². The van der Waals surface area contributed by atoms with Gasteiger partial charge in [0.25, 0.3) is 11.7 Å². The highest BCUT2D eigenvalue weighted by atomic mass is 19.1. The minimum Gasteiger partial charge on any atom is -0.507 e. The Labute approximate surface area is 183 Å². The van der Waals surface area contributed by atoms with Gasteiger partial charge in [0, 0.05) is 16.8 Å². The number of anilines is 1. The molecular formula is C25H19F2NO4. The van der Waals surface area contributed by atoms with Crippen LogP contribution >= 0.6 is 0 Å². The van der Waals surface area contributed by atoms with Crippen LogP contribution in [0.3, 0.4) is 0 Å². The summed E-state index contributed by atoms with van der Waals surface area (Å²) < 4.78 is 34.2. The lowest BCUT2D eigenvalue weighted by Gasteiger charge is -2.25. The Hall–Kier alpha value is -4.00. The lowest BCUT2D eigenvalue weighted by molar-refractivity contribution is -0.132. The lowest BCUT2D eigenvalue weighted by Crippen LogP contribution is -2.30. The second kappa shape index (κ2) is 8.63.